The zero-order valence-corrected chi connectivity index (χ0v) is 20.4. The van der Waals surface area contributed by atoms with Gasteiger partial charge in [0.15, 0.2) is 0 Å². The highest BCUT2D eigenvalue weighted by Crippen LogP contribution is 2.32. The van der Waals surface area contributed by atoms with E-state index in [1.165, 1.54) is 15.9 Å². The Hall–Kier alpha value is -3.36. The van der Waals surface area contributed by atoms with E-state index in [-0.39, 0.29) is 17.4 Å². The Kier molecular flexibility index (Phi) is 6.02. The molecule has 4 aromatic rings. The van der Waals surface area contributed by atoms with Crippen molar-refractivity contribution < 1.29 is 4.74 Å². The lowest BCUT2D eigenvalue weighted by Crippen LogP contribution is -2.52. The standard InChI is InChI=1S/C26H28N4O3S/c1-18(28-13-15-29(16-14-28)21-11-7-8-12-22(21)33-3)30-24(31)23-20(19-9-5-4-6-10-19)17-34-25(23)27(2)26(30)32/h4-12,17-18H,13-16H2,1-3H3. The summed E-state index contributed by atoms with van der Waals surface area (Å²) in [5.41, 5.74) is 2.42. The topological polar surface area (TPSA) is 59.7 Å². The number of methoxy groups -OCH3 is 1. The molecule has 0 saturated carbocycles. The predicted octanol–water partition coefficient (Wildman–Crippen LogP) is 3.78. The van der Waals surface area contributed by atoms with Crippen LogP contribution in [0.25, 0.3) is 21.3 Å². The van der Waals surface area contributed by atoms with Gasteiger partial charge in [-0.15, -0.1) is 11.3 Å². The van der Waals surface area contributed by atoms with E-state index in [9.17, 15) is 9.59 Å². The molecule has 1 fully saturated rings. The summed E-state index contributed by atoms with van der Waals surface area (Å²) in [6.45, 7) is 5.00. The molecule has 7 nitrogen and oxygen atoms in total. The van der Waals surface area contributed by atoms with Gasteiger partial charge in [-0.1, -0.05) is 42.5 Å². The van der Waals surface area contributed by atoms with Crippen LogP contribution in [0.15, 0.2) is 69.6 Å². The van der Waals surface area contributed by atoms with Crippen LogP contribution < -0.4 is 20.9 Å². The number of fused-ring (bicyclic) bond motifs is 1. The molecule has 176 valence electrons. The largest absolute Gasteiger partial charge is 0.495 e. The molecule has 1 unspecified atom stereocenters. The van der Waals surface area contributed by atoms with Crippen molar-refractivity contribution in [2.75, 3.05) is 38.2 Å². The molecule has 0 aliphatic carbocycles. The van der Waals surface area contributed by atoms with Crippen molar-refractivity contribution in [3.63, 3.8) is 0 Å². The maximum atomic E-state index is 13.7. The van der Waals surface area contributed by atoms with Gasteiger partial charge in [0.25, 0.3) is 5.56 Å². The number of aryl methyl sites for hydroxylation is 1. The van der Waals surface area contributed by atoms with Crippen LogP contribution in [0.4, 0.5) is 5.69 Å². The van der Waals surface area contributed by atoms with Crippen molar-refractivity contribution in [1.82, 2.24) is 14.0 Å². The Morgan fingerprint density at radius 1 is 0.941 bits per heavy atom. The van der Waals surface area contributed by atoms with Gasteiger partial charge in [-0.05, 0) is 24.6 Å². The Morgan fingerprint density at radius 3 is 2.32 bits per heavy atom. The molecule has 1 aliphatic rings. The summed E-state index contributed by atoms with van der Waals surface area (Å²) in [5, 5.41) is 2.58. The fourth-order valence-electron chi connectivity index (χ4n) is 4.81. The van der Waals surface area contributed by atoms with E-state index in [1.54, 1.807) is 18.7 Å². The summed E-state index contributed by atoms with van der Waals surface area (Å²) in [7, 11) is 3.43. The zero-order chi connectivity index (χ0) is 23.8. The number of nitrogens with zero attached hydrogens (tertiary/aromatic N) is 4. The molecule has 0 N–H and O–H groups in total. The van der Waals surface area contributed by atoms with E-state index in [0.717, 1.165) is 48.7 Å². The summed E-state index contributed by atoms with van der Waals surface area (Å²) in [6.07, 6.45) is -0.348. The summed E-state index contributed by atoms with van der Waals surface area (Å²) in [4.78, 5) is 32.2. The molecule has 3 heterocycles. The monoisotopic (exact) mass is 476 g/mol. The average Bonchev–Trinajstić information content (AvgIpc) is 3.34. The van der Waals surface area contributed by atoms with Crippen molar-refractivity contribution >= 4 is 27.2 Å². The van der Waals surface area contributed by atoms with E-state index in [1.807, 2.05) is 60.8 Å². The Morgan fingerprint density at radius 2 is 1.62 bits per heavy atom. The molecule has 8 heteroatoms. The second kappa shape index (κ2) is 9.12. The van der Waals surface area contributed by atoms with Crippen LogP contribution in [-0.4, -0.2) is 47.3 Å². The SMILES string of the molecule is COc1ccccc1N1CCN(C(C)n2c(=O)c3c(-c4ccccc4)csc3n(C)c2=O)CC1. The Balaban J connectivity index is 1.48. The normalized spacial score (nSPS) is 15.6. The quantitative estimate of drug-likeness (QED) is 0.439. The van der Waals surface area contributed by atoms with Gasteiger partial charge in [0.1, 0.15) is 10.6 Å². The van der Waals surface area contributed by atoms with E-state index >= 15 is 0 Å². The molecular formula is C26H28N4O3S. The van der Waals surface area contributed by atoms with Gasteiger partial charge >= 0.3 is 5.69 Å². The molecule has 1 saturated heterocycles. The highest BCUT2D eigenvalue weighted by Gasteiger charge is 2.27. The Bertz CT molecular complexity index is 1430. The second-order valence-corrected chi connectivity index (χ2v) is 9.40. The van der Waals surface area contributed by atoms with Crippen LogP contribution in [-0.2, 0) is 7.05 Å². The third-order valence-electron chi connectivity index (χ3n) is 6.73. The molecule has 2 aromatic heterocycles. The fourth-order valence-corrected chi connectivity index (χ4v) is 5.84. The van der Waals surface area contributed by atoms with Crippen molar-refractivity contribution in [3.8, 4) is 16.9 Å². The number of hydrogen-bond acceptors (Lipinski definition) is 6. The number of para-hydroxylation sites is 2. The van der Waals surface area contributed by atoms with E-state index in [0.29, 0.717) is 10.2 Å². The molecule has 5 rings (SSSR count). The highest BCUT2D eigenvalue weighted by atomic mass is 32.1. The first-order valence-corrected chi connectivity index (χ1v) is 12.3. The number of thiophene rings is 1. The van der Waals surface area contributed by atoms with Crippen LogP contribution in [0, 0.1) is 0 Å². The van der Waals surface area contributed by atoms with Gasteiger partial charge < -0.3 is 9.64 Å². The summed E-state index contributed by atoms with van der Waals surface area (Å²) >= 11 is 1.44. The molecule has 34 heavy (non-hydrogen) atoms. The maximum Gasteiger partial charge on any atom is 0.333 e. The predicted molar refractivity (Wildman–Crippen MR) is 138 cm³/mol. The fraction of sp³-hybridized carbons (Fsp3) is 0.308. The molecule has 0 spiro atoms. The highest BCUT2D eigenvalue weighted by molar-refractivity contribution is 7.17. The summed E-state index contributed by atoms with van der Waals surface area (Å²) in [5.74, 6) is 0.852. The molecule has 1 atom stereocenters. The van der Waals surface area contributed by atoms with Crippen molar-refractivity contribution in [3.05, 3.63) is 80.8 Å². The van der Waals surface area contributed by atoms with Crippen molar-refractivity contribution in [2.24, 2.45) is 7.05 Å². The first-order chi connectivity index (χ1) is 16.5. The van der Waals surface area contributed by atoms with Crippen molar-refractivity contribution in [2.45, 2.75) is 13.1 Å². The number of piperazine rings is 1. The average molecular weight is 477 g/mol. The van der Waals surface area contributed by atoms with E-state index < -0.39 is 0 Å². The first kappa shape index (κ1) is 22.4. The van der Waals surface area contributed by atoms with Gasteiger partial charge in [0.2, 0.25) is 0 Å². The molecule has 2 aromatic carbocycles. The van der Waals surface area contributed by atoms with Gasteiger partial charge in [0, 0.05) is 44.2 Å². The number of hydrogen-bond donors (Lipinski definition) is 0. The van der Waals surface area contributed by atoms with Gasteiger partial charge in [-0.2, -0.15) is 0 Å². The lowest BCUT2D eigenvalue weighted by atomic mass is 10.1. The number of rotatable bonds is 5. The number of ether oxygens (including phenoxy) is 1. The van der Waals surface area contributed by atoms with Gasteiger partial charge in [-0.3, -0.25) is 14.3 Å². The van der Waals surface area contributed by atoms with E-state index in [2.05, 4.69) is 15.9 Å². The van der Waals surface area contributed by atoms with Crippen LogP contribution in [0.5, 0.6) is 5.75 Å². The number of anilines is 1. The number of aromatic nitrogens is 2. The van der Waals surface area contributed by atoms with E-state index in [4.69, 9.17) is 4.74 Å². The Labute approximate surface area is 202 Å². The molecular weight excluding hydrogens is 448 g/mol. The second-order valence-electron chi connectivity index (χ2n) is 8.54. The molecule has 0 amide bonds. The molecule has 1 aliphatic heterocycles. The molecule has 0 bridgehead atoms. The van der Waals surface area contributed by atoms with Crippen molar-refractivity contribution in [1.29, 1.82) is 0 Å². The van der Waals surface area contributed by atoms with Gasteiger partial charge in [-0.25, -0.2) is 9.36 Å². The minimum absolute atomic E-state index is 0.224. The maximum absolute atomic E-state index is 13.7. The smallest absolute Gasteiger partial charge is 0.333 e. The minimum Gasteiger partial charge on any atom is -0.495 e. The van der Waals surface area contributed by atoms with Crippen LogP contribution in [0.2, 0.25) is 0 Å². The summed E-state index contributed by atoms with van der Waals surface area (Å²) < 4.78 is 8.55. The third-order valence-corrected chi connectivity index (χ3v) is 7.78. The van der Waals surface area contributed by atoms with Gasteiger partial charge in [0.05, 0.1) is 24.3 Å². The lowest BCUT2D eigenvalue weighted by Gasteiger charge is -2.39. The zero-order valence-electron chi connectivity index (χ0n) is 19.6. The lowest BCUT2D eigenvalue weighted by molar-refractivity contribution is 0.137. The van der Waals surface area contributed by atoms with Crippen LogP contribution in [0.3, 0.4) is 0 Å². The van der Waals surface area contributed by atoms with Crippen LogP contribution in [0.1, 0.15) is 13.1 Å². The summed E-state index contributed by atoms with van der Waals surface area (Å²) in [6, 6.07) is 17.9. The third kappa shape index (κ3) is 3.73. The minimum atomic E-state index is -0.348. The number of benzene rings is 2. The first-order valence-electron chi connectivity index (χ1n) is 11.4. The molecule has 0 radical (unpaired) electrons. The van der Waals surface area contributed by atoms with Crippen LogP contribution >= 0.6 is 11.3 Å².